The minimum absolute atomic E-state index is 0.0218. The Morgan fingerprint density at radius 1 is 1.18 bits per heavy atom. The molecule has 0 unspecified atom stereocenters. The van der Waals surface area contributed by atoms with Crippen LogP contribution in [-0.4, -0.2) is 10.9 Å². The van der Waals surface area contributed by atoms with E-state index in [0.29, 0.717) is 6.54 Å². The summed E-state index contributed by atoms with van der Waals surface area (Å²) in [7, 11) is 0. The molecule has 0 spiro atoms. The molecule has 0 radical (unpaired) electrons. The van der Waals surface area contributed by atoms with Gasteiger partial charge in [0, 0.05) is 24.5 Å². The molecule has 0 aliphatic carbocycles. The quantitative estimate of drug-likeness (QED) is 0.807. The highest BCUT2D eigenvalue weighted by Crippen LogP contribution is 2.30. The van der Waals surface area contributed by atoms with Gasteiger partial charge in [0.15, 0.2) is 0 Å². The Labute approximate surface area is 99.5 Å². The van der Waals surface area contributed by atoms with Crippen molar-refractivity contribution in [1.29, 1.82) is 0 Å². The number of aromatic nitrogens is 1. The van der Waals surface area contributed by atoms with Crippen molar-refractivity contribution in [2.45, 2.75) is 13.5 Å². The average molecular weight is 224 g/mol. The van der Waals surface area contributed by atoms with Gasteiger partial charge in [0.25, 0.3) is 5.91 Å². The van der Waals surface area contributed by atoms with Crippen LogP contribution >= 0.6 is 0 Å². The van der Waals surface area contributed by atoms with E-state index in [4.69, 9.17) is 0 Å². The Hall–Kier alpha value is -2.16. The van der Waals surface area contributed by atoms with E-state index in [1.165, 1.54) is 0 Å². The van der Waals surface area contributed by atoms with Crippen LogP contribution in [-0.2, 0) is 6.54 Å². The van der Waals surface area contributed by atoms with Gasteiger partial charge in [-0.15, -0.1) is 0 Å². The predicted octanol–water partition coefficient (Wildman–Crippen LogP) is 2.30. The van der Waals surface area contributed by atoms with Crippen LogP contribution in [0, 0.1) is 6.92 Å². The summed E-state index contributed by atoms with van der Waals surface area (Å²) in [6.07, 6.45) is 3.63. The maximum atomic E-state index is 11.6. The summed E-state index contributed by atoms with van der Waals surface area (Å²) in [6.45, 7) is 2.65. The molecule has 0 bridgehead atoms. The molecule has 1 aromatic heterocycles. The Morgan fingerprint density at radius 2 is 2.00 bits per heavy atom. The van der Waals surface area contributed by atoms with Crippen molar-refractivity contribution in [1.82, 2.24) is 10.3 Å². The van der Waals surface area contributed by atoms with E-state index in [1.807, 2.05) is 31.3 Å². The molecule has 1 amide bonds. The van der Waals surface area contributed by atoms with Gasteiger partial charge in [-0.25, -0.2) is 0 Å². The van der Waals surface area contributed by atoms with Crippen molar-refractivity contribution in [2.24, 2.45) is 0 Å². The third-order valence-corrected chi connectivity index (χ3v) is 3.16. The fraction of sp³-hybridized carbons (Fsp3) is 0.143. The second-order valence-electron chi connectivity index (χ2n) is 4.20. The third-order valence-electron chi connectivity index (χ3n) is 3.16. The molecule has 84 valence electrons. The lowest BCUT2D eigenvalue weighted by atomic mass is 9.95. The van der Waals surface area contributed by atoms with E-state index in [1.54, 1.807) is 6.20 Å². The standard InChI is InChI=1S/C14H12N2O/c1-9-7-15-6-5-10(9)11-3-2-4-12-13(11)8-16-14(12)17/h2-7H,8H2,1H3,(H,16,17). The first-order valence-electron chi connectivity index (χ1n) is 5.58. The number of rotatable bonds is 1. The number of carbonyl (C=O) groups excluding carboxylic acids is 1. The van der Waals surface area contributed by atoms with Gasteiger partial charge in [-0.1, -0.05) is 12.1 Å². The highest BCUT2D eigenvalue weighted by molar-refractivity contribution is 6.00. The number of amides is 1. The summed E-state index contributed by atoms with van der Waals surface area (Å²) in [6, 6.07) is 7.85. The van der Waals surface area contributed by atoms with Crippen LogP contribution in [0.2, 0.25) is 0 Å². The SMILES string of the molecule is Cc1cnccc1-c1cccc2c1CNC2=O. The van der Waals surface area contributed by atoms with Crippen molar-refractivity contribution in [3.63, 3.8) is 0 Å². The number of carbonyl (C=O) groups is 1. The molecular weight excluding hydrogens is 212 g/mol. The smallest absolute Gasteiger partial charge is 0.251 e. The first kappa shape index (κ1) is 10.0. The van der Waals surface area contributed by atoms with Crippen molar-refractivity contribution in [2.75, 3.05) is 0 Å². The van der Waals surface area contributed by atoms with Crippen molar-refractivity contribution in [3.05, 3.63) is 53.3 Å². The van der Waals surface area contributed by atoms with Crippen LogP contribution in [0.15, 0.2) is 36.7 Å². The van der Waals surface area contributed by atoms with Crippen LogP contribution in [0.4, 0.5) is 0 Å². The monoisotopic (exact) mass is 224 g/mol. The fourth-order valence-electron chi connectivity index (χ4n) is 2.28. The second kappa shape index (κ2) is 3.70. The molecule has 0 saturated heterocycles. The summed E-state index contributed by atoms with van der Waals surface area (Å²) in [5.74, 6) is 0.0218. The van der Waals surface area contributed by atoms with Crippen LogP contribution in [0.3, 0.4) is 0 Å². The number of aryl methyl sites for hydroxylation is 1. The van der Waals surface area contributed by atoms with Crippen molar-refractivity contribution in [3.8, 4) is 11.1 Å². The number of hydrogen-bond acceptors (Lipinski definition) is 2. The summed E-state index contributed by atoms with van der Waals surface area (Å²) >= 11 is 0. The van der Waals surface area contributed by atoms with E-state index < -0.39 is 0 Å². The lowest BCUT2D eigenvalue weighted by Gasteiger charge is -2.09. The highest BCUT2D eigenvalue weighted by atomic mass is 16.1. The largest absolute Gasteiger partial charge is 0.348 e. The van der Waals surface area contributed by atoms with Crippen LogP contribution in [0.5, 0.6) is 0 Å². The Kier molecular flexibility index (Phi) is 2.18. The summed E-state index contributed by atoms with van der Waals surface area (Å²) in [5.41, 5.74) is 5.28. The van der Waals surface area contributed by atoms with Gasteiger partial charge in [-0.2, -0.15) is 0 Å². The molecular formula is C14H12N2O. The van der Waals surface area contributed by atoms with E-state index >= 15 is 0 Å². The van der Waals surface area contributed by atoms with Gasteiger partial charge in [0.1, 0.15) is 0 Å². The normalized spacial score (nSPS) is 13.4. The number of nitrogens with one attached hydrogen (secondary N) is 1. The van der Waals surface area contributed by atoms with Gasteiger partial charge in [0.2, 0.25) is 0 Å². The van der Waals surface area contributed by atoms with Gasteiger partial charge in [0.05, 0.1) is 0 Å². The van der Waals surface area contributed by atoms with E-state index in [9.17, 15) is 4.79 Å². The molecule has 2 heterocycles. The van der Waals surface area contributed by atoms with Gasteiger partial charge >= 0.3 is 0 Å². The molecule has 0 saturated carbocycles. The Bertz CT molecular complexity index is 605. The van der Waals surface area contributed by atoms with E-state index in [-0.39, 0.29) is 5.91 Å². The molecule has 0 fully saturated rings. The zero-order valence-electron chi connectivity index (χ0n) is 9.53. The first-order valence-corrected chi connectivity index (χ1v) is 5.58. The molecule has 0 atom stereocenters. The molecule has 3 rings (SSSR count). The van der Waals surface area contributed by atoms with Gasteiger partial charge in [-0.05, 0) is 41.3 Å². The molecule has 3 nitrogen and oxygen atoms in total. The second-order valence-corrected chi connectivity index (χ2v) is 4.20. The molecule has 1 N–H and O–H groups in total. The van der Waals surface area contributed by atoms with Crippen LogP contribution in [0.25, 0.3) is 11.1 Å². The van der Waals surface area contributed by atoms with Gasteiger partial charge < -0.3 is 5.32 Å². The lowest BCUT2D eigenvalue weighted by molar-refractivity contribution is 0.0966. The van der Waals surface area contributed by atoms with Crippen molar-refractivity contribution >= 4 is 5.91 Å². The third kappa shape index (κ3) is 1.51. The zero-order valence-corrected chi connectivity index (χ0v) is 9.53. The molecule has 2 aromatic rings. The molecule has 1 aliphatic rings. The molecule has 1 aromatic carbocycles. The lowest BCUT2D eigenvalue weighted by Crippen LogP contribution is -2.12. The average Bonchev–Trinajstić information content (AvgIpc) is 2.72. The fourth-order valence-corrected chi connectivity index (χ4v) is 2.28. The van der Waals surface area contributed by atoms with Crippen LogP contribution in [0.1, 0.15) is 21.5 Å². The van der Waals surface area contributed by atoms with Crippen molar-refractivity contribution < 1.29 is 4.79 Å². The number of hydrogen-bond donors (Lipinski definition) is 1. The zero-order chi connectivity index (χ0) is 11.8. The van der Waals surface area contributed by atoms with E-state index in [2.05, 4.69) is 16.4 Å². The first-order chi connectivity index (χ1) is 8.27. The maximum absolute atomic E-state index is 11.6. The minimum atomic E-state index is 0.0218. The summed E-state index contributed by atoms with van der Waals surface area (Å²) in [4.78, 5) is 15.7. The summed E-state index contributed by atoms with van der Waals surface area (Å²) < 4.78 is 0. The number of benzene rings is 1. The molecule has 3 heteroatoms. The Balaban J connectivity index is 2.24. The highest BCUT2D eigenvalue weighted by Gasteiger charge is 2.21. The Morgan fingerprint density at radius 3 is 2.82 bits per heavy atom. The summed E-state index contributed by atoms with van der Waals surface area (Å²) in [5, 5.41) is 2.86. The van der Waals surface area contributed by atoms with E-state index in [0.717, 1.165) is 27.8 Å². The molecule has 17 heavy (non-hydrogen) atoms. The topological polar surface area (TPSA) is 42.0 Å². The number of fused-ring (bicyclic) bond motifs is 1. The number of nitrogens with zero attached hydrogens (tertiary/aromatic N) is 1. The van der Waals surface area contributed by atoms with Crippen LogP contribution < -0.4 is 5.32 Å². The predicted molar refractivity (Wildman–Crippen MR) is 65.6 cm³/mol. The van der Waals surface area contributed by atoms with Gasteiger partial charge in [-0.3, -0.25) is 9.78 Å². The maximum Gasteiger partial charge on any atom is 0.251 e. The number of pyridine rings is 1. The molecule has 1 aliphatic heterocycles. The minimum Gasteiger partial charge on any atom is -0.348 e.